The number of imidazole rings is 1. The molecule has 2 aromatic heterocycles. The third-order valence-electron chi connectivity index (χ3n) is 8.06. The van der Waals surface area contributed by atoms with Gasteiger partial charge in [-0.1, -0.05) is 55.7 Å². The quantitative estimate of drug-likeness (QED) is 0.303. The number of benzene rings is 2. The number of carbonyl (C=O) groups excluding carboxylic acids is 2. The summed E-state index contributed by atoms with van der Waals surface area (Å²) in [6.07, 6.45) is 8.03. The molecule has 0 spiro atoms. The van der Waals surface area contributed by atoms with Gasteiger partial charge in [0, 0.05) is 24.7 Å². The molecule has 11 heteroatoms. The molecule has 1 saturated carbocycles. The van der Waals surface area contributed by atoms with Gasteiger partial charge in [-0.3, -0.25) is 14.3 Å². The normalized spacial score (nSPS) is 21.7. The van der Waals surface area contributed by atoms with E-state index in [9.17, 15) is 14.7 Å². The molecule has 0 bridgehead atoms. The van der Waals surface area contributed by atoms with Crippen LogP contribution in [0, 0.1) is 0 Å². The second-order valence-electron chi connectivity index (χ2n) is 10.9. The highest BCUT2D eigenvalue weighted by atomic mass is 16.6. The van der Waals surface area contributed by atoms with Crippen molar-refractivity contribution in [2.45, 2.75) is 50.0 Å². The standard InChI is InChI=1S/C31H34N6O5/c38-18-31(19-41-30(40)23-12-6-2-7-13-23)17-36(24-14-8-3-9-15-24)16-25(42-31)37-21-34-26-27(32-20-33-28(26)37)35-29(39)22-10-4-1-5-11-22/h1-2,4-7,10-13,20-21,24-25,38H,3,8-9,14-19H2,(H,32,33,35,39)/t25-,31-/m1/s1. The number of nitrogens with one attached hydrogen (secondary N) is 1. The van der Waals surface area contributed by atoms with Gasteiger partial charge in [-0.2, -0.15) is 0 Å². The maximum Gasteiger partial charge on any atom is 0.338 e. The zero-order chi connectivity index (χ0) is 28.9. The number of aromatic nitrogens is 4. The van der Waals surface area contributed by atoms with Crippen LogP contribution in [0.15, 0.2) is 73.3 Å². The number of aliphatic hydroxyl groups excluding tert-OH is 1. The summed E-state index contributed by atoms with van der Waals surface area (Å²) in [5, 5.41) is 13.5. The monoisotopic (exact) mass is 570 g/mol. The van der Waals surface area contributed by atoms with E-state index in [0.717, 1.165) is 25.7 Å². The van der Waals surface area contributed by atoms with Crippen molar-refractivity contribution in [2.75, 3.05) is 31.6 Å². The maximum absolute atomic E-state index is 12.8. The van der Waals surface area contributed by atoms with Crippen molar-refractivity contribution in [2.24, 2.45) is 0 Å². The fourth-order valence-electron chi connectivity index (χ4n) is 5.86. The molecule has 0 unspecified atom stereocenters. The summed E-state index contributed by atoms with van der Waals surface area (Å²) in [6.45, 7) is 0.513. The first-order valence-corrected chi connectivity index (χ1v) is 14.3. The molecule has 1 amide bonds. The van der Waals surface area contributed by atoms with Crippen LogP contribution in [0.3, 0.4) is 0 Å². The van der Waals surface area contributed by atoms with E-state index in [2.05, 4.69) is 25.2 Å². The van der Waals surface area contributed by atoms with E-state index in [1.807, 2.05) is 12.1 Å². The zero-order valence-corrected chi connectivity index (χ0v) is 23.3. The fraction of sp³-hybridized carbons (Fsp3) is 0.387. The van der Waals surface area contributed by atoms with Crippen molar-refractivity contribution in [3.05, 3.63) is 84.4 Å². The first-order valence-electron chi connectivity index (χ1n) is 14.3. The average molecular weight is 571 g/mol. The summed E-state index contributed by atoms with van der Waals surface area (Å²) in [5.41, 5.74) is 0.686. The number of esters is 1. The molecule has 6 rings (SSSR count). The minimum atomic E-state index is -1.15. The van der Waals surface area contributed by atoms with Gasteiger partial charge in [-0.25, -0.2) is 19.7 Å². The molecule has 2 atom stereocenters. The molecule has 218 valence electrons. The van der Waals surface area contributed by atoms with E-state index in [0.29, 0.717) is 41.4 Å². The van der Waals surface area contributed by atoms with Gasteiger partial charge < -0.3 is 19.9 Å². The van der Waals surface area contributed by atoms with E-state index in [1.165, 1.54) is 12.7 Å². The van der Waals surface area contributed by atoms with Gasteiger partial charge in [0.15, 0.2) is 17.0 Å². The minimum absolute atomic E-state index is 0.114. The molecule has 4 aromatic rings. The SMILES string of the molecule is O=C(Nc1ncnc2c1ncn2[C@H]1CN(C2CCCCC2)C[C@@](CO)(COC(=O)c2ccccc2)O1)c1ccccc1. The number of hydrogen-bond donors (Lipinski definition) is 2. The molecule has 1 saturated heterocycles. The van der Waals surface area contributed by atoms with Gasteiger partial charge in [0.1, 0.15) is 24.8 Å². The number of nitrogens with zero attached hydrogens (tertiary/aromatic N) is 5. The van der Waals surface area contributed by atoms with Crippen molar-refractivity contribution >= 4 is 28.9 Å². The van der Waals surface area contributed by atoms with Crippen LogP contribution in [0.5, 0.6) is 0 Å². The number of rotatable bonds is 8. The van der Waals surface area contributed by atoms with Crippen molar-refractivity contribution in [1.29, 1.82) is 0 Å². The Bertz CT molecular complexity index is 1520. The molecule has 11 nitrogen and oxygen atoms in total. The molecule has 1 aliphatic heterocycles. The van der Waals surface area contributed by atoms with Gasteiger partial charge >= 0.3 is 5.97 Å². The van der Waals surface area contributed by atoms with Gasteiger partial charge in [-0.05, 0) is 37.1 Å². The van der Waals surface area contributed by atoms with Crippen LogP contribution in [0.25, 0.3) is 11.2 Å². The third kappa shape index (κ3) is 5.89. The Balaban J connectivity index is 1.28. The van der Waals surface area contributed by atoms with Crippen molar-refractivity contribution < 1.29 is 24.2 Å². The summed E-state index contributed by atoms with van der Waals surface area (Å²) in [5.74, 6) is -0.488. The van der Waals surface area contributed by atoms with Crippen LogP contribution in [0.2, 0.25) is 0 Å². The second-order valence-corrected chi connectivity index (χ2v) is 10.9. The fourth-order valence-corrected chi connectivity index (χ4v) is 5.86. The average Bonchev–Trinajstić information content (AvgIpc) is 3.50. The first kappa shape index (κ1) is 28.0. The minimum Gasteiger partial charge on any atom is -0.459 e. The Morgan fingerprint density at radius 1 is 0.976 bits per heavy atom. The molecule has 1 aliphatic carbocycles. The highest BCUT2D eigenvalue weighted by molar-refractivity contribution is 6.06. The predicted molar refractivity (Wildman–Crippen MR) is 155 cm³/mol. The largest absolute Gasteiger partial charge is 0.459 e. The number of amides is 1. The van der Waals surface area contributed by atoms with Crippen molar-refractivity contribution in [3.8, 4) is 0 Å². The Morgan fingerprint density at radius 2 is 1.69 bits per heavy atom. The number of anilines is 1. The lowest BCUT2D eigenvalue weighted by atomic mass is 9.92. The highest BCUT2D eigenvalue weighted by Gasteiger charge is 2.45. The van der Waals surface area contributed by atoms with E-state index >= 15 is 0 Å². The van der Waals surface area contributed by atoms with Crippen molar-refractivity contribution in [1.82, 2.24) is 24.4 Å². The molecule has 2 aromatic carbocycles. The number of morpholine rings is 1. The molecular weight excluding hydrogens is 536 g/mol. The van der Waals surface area contributed by atoms with Crippen molar-refractivity contribution in [3.63, 3.8) is 0 Å². The number of fused-ring (bicyclic) bond motifs is 1. The van der Waals surface area contributed by atoms with Crippen LogP contribution in [-0.4, -0.2) is 79.3 Å². The molecule has 42 heavy (non-hydrogen) atoms. The van der Waals surface area contributed by atoms with Gasteiger partial charge in [0.25, 0.3) is 5.91 Å². The topological polar surface area (TPSA) is 132 Å². The number of carbonyl (C=O) groups is 2. The summed E-state index contributed by atoms with van der Waals surface area (Å²) in [6, 6.07) is 18.0. The molecule has 3 heterocycles. The molecular formula is C31H34N6O5. The summed E-state index contributed by atoms with van der Waals surface area (Å²) in [7, 11) is 0. The van der Waals surface area contributed by atoms with E-state index < -0.39 is 17.8 Å². The first-order chi connectivity index (χ1) is 20.5. The Labute approximate surface area is 243 Å². The molecule has 0 radical (unpaired) electrons. The Morgan fingerprint density at radius 3 is 2.40 bits per heavy atom. The maximum atomic E-state index is 12.8. The van der Waals surface area contributed by atoms with E-state index in [4.69, 9.17) is 9.47 Å². The van der Waals surface area contributed by atoms with Crippen LogP contribution in [-0.2, 0) is 9.47 Å². The van der Waals surface area contributed by atoms with Gasteiger partial charge in [-0.15, -0.1) is 0 Å². The lowest BCUT2D eigenvalue weighted by molar-refractivity contribution is -0.219. The lowest BCUT2D eigenvalue weighted by Crippen LogP contribution is -2.60. The molecule has 2 N–H and O–H groups in total. The van der Waals surface area contributed by atoms with Crippen LogP contribution < -0.4 is 5.32 Å². The van der Waals surface area contributed by atoms with Crippen LogP contribution >= 0.6 is 0 Å². The lowest BCUT2D eigenvalue weighted by Gasteiger charge is -2.48. The van der Waals surface area contributed by atoms with Gasteiger partial charge in [0.05, 0.1) is 18.5 Å². The van der Waals surface area contributed by atoms with Gasteiger partial charge in [0.2, 0.25) is 0 Å². The number of ether oxygens (including phenoxy) is 2. The zero-order valence-electron chi connectivity index (χ0n) is 23.3. The van der Waals surface area contributed by atoms with Crippen LogP contribution in [0.1, 0.15) is 59.0 Å². The summed E-state index contributed by atoms with van der Waals surface area (Å²) >= 11 is 0. The summed E-state index contributed by atoms with van der Waals surface area (Å²) in [4.78, 5) is 41.3. The number of hydrogen-bond acceptors (Lipinski definition) is 9. The second kappa shape index (κ2) is 12.4. The summed E-state index contributed by atoms with van der Waals surface area (Å²) < 4.78 is 14.1. The Hall–Kier alpha value is -4.19. The van der Waals surface area contributed by atoms with Crippen LogP contribution in [0.4, 0.5) is 5.82 Å². The molecule has 2 aliphatic rings. The highest BCUT2D eigenvalue weighted by Crippen LogP contribution is 2.35. The molecule has 2 fully saturated rings. The third-order valence-corrected chi connectivity index (χ3v) is 8.06. The number of aliphatic hydroxyl groups is 1. The van der Waals surface area contributed by atoms with E-state index in [1.54, 1.807) is 59.4 Å². The smallest absolute Gasteiger partial charge is 0.338 e. The van der Waals surface area contributed by atoms with E-state index in [-0.39, 0.29) is 24.9 Å². The Kier molecular flexibility index (Phi) is 8.22. The predicted octanol–water partition coefficient (Wildman–Crippen LogP) is 3.83.